The number of carbonyl (C=O) groups is 1. The van der Waals surface area contributed by atoms with Crippen molar-refractivity contribution in [3.05, 3.63) is 53.1 Å². The zero-order valence-corrected chi connectivity index (χ0v) is 17.3. The predicted molar refractivity (Wildman–Crippen MR) is 109 cm³/mol. The third kappa shape index (κ3) is 4.70. The first-order chi connectivity index (χ1) is 13.8. The number of anilines is 1. The van der Waals surface area contributed by atoms with Crippen molar-refractivity contribution in [1.82, 2.24) is 4.31 Å². The maximum absolute atomic E-state index is 13.0. The van der Waals surface area contributed by atoms with Gasteiger partial charge in [-0.15, -0.1) is 0 Å². The molecule has 0 radical (unpaired) electrons. The molecule has 7 nitrogen and oxygen atoms in total. The van der Waals surface area contributed by atoms with Gasteiger partial charge in [-0.3, -0.25) is 4.79 Å². The predicted octanol–water partition coefficient (Wildman–Crippen LogP) is 3.26. The smallest absolute Gasteiger partial charge is 0.243 e. The van der Waals surface area contributed by atoms with Gasteiger partial charge in [0.25, 0.3) is 0 Å². The lowest BCUT2D eigenvalue weighted by atomic mass is 9.98. The summed E-state index contributed by atoms with van der Waals surface area (Å²) in [5.41, 5.74) is 0.947. The summed E-state index contributed by atoms with van der Waals surface area (Å²) in [6.45, 7) is 0.412. The van der Waals surface area contributed by atoms with Gasteiger partial charge in [0.2, 0.25) is 15.9 Å². The molecule has 1 amide bonds. The number of nitrogens with one attached hydrogen (secondary N) is 1. The maximum atomic E-state index is 13.0. The standard InChI is InChI=1S/C20H20ClN3O4S/c1-28-19-8-7-17(11-18(19)21)29(26,27)24-9-3-5-15(13-24)20(25)23-16-6-2-4-14(10-16)12-22/h2,4,6-8,10-11,15H,3,5,9,13H2,1H3,(H,23,25)/t15-/m0/s1. The van der Waals surface area contributed by atoms with Crippen molar-refractivity contribution in [2.45, 2.75) is 17.7 Å². The summed E-state index contributed by atoms with van der Waals surface area (Å²) in [7, 11) is -2.34. The van der Waals surface area contributed by atoms with Gasteiger partial charge >= 0.3 is 0 Å². The van der Waals surface area contributed by atoms with Crippen LogP contribution in [0.1, 0.15) is 18.4 Å². The van der Waals surface area contributed by atoms with E-state index in [9.17, 15) is 13.2 Å². The van der Waals surface area contributed by atoms with Crippen LogP contribution < -0.4 is 10.1 Å². The normalized spacial score (nSPS) is 17.3. The fourth-order valence-corrected chi connectivity index (χ4v) is 5.12. The van der Waals surface area contributed by atoms with Crippen LogP contribution in [0, 0.1) is 17.2 Å². The van der Waals surface area contributed by atoms with Gasteiger partial charge in [0.15, 0.2) is 0 Å². The van der Waals surface area contributed by atoms with Crippen LogP contribution in [-0.4, -0.2) is 38.8 Å². The topological polar surface area (TPSA) is 99.5 Å². The van der Waals surface area contributed by atoms with Gasteiger partial charge in [0.05, 0.1) is 34.6 Å². The number of hydrogen-bond acceptors (Lipinski definition) is 5. The van der Waals surface area contributed by atoms with Crippen molar-refractivity contribution >= 4 is 33.2 Å². The summed E-state index contributed by atoms with van der Waals surface area (Å²) in [4.78, 5) is 12.7. The minimum absolute atomic E-state index is 0.0612. The Morgan fingerprint density at radius 3 is 2.79 bits per heavy atom. The van der Waals surface area contributed by atoms with Gasteiger partial charge in [0, 0.05) is 18.8 Å². The highest BCUT2D eigenvalue weighted by molar-refractivity contribution is 7.89. The molecule has 1 fully saturated rings. The zero-order valence-electron chi connectivity index (χ0n) is 15.8. The highest BCUT2D eigenvalue weighted by Gasteiger charge is 2.33. The number of hydrogen-bond donors (Lipinski definition) is 1. The molecule has 9 heteroatoms. The van der Waals surface area contributed by atoms with E-state index in [-0.39, 0.29) is 22.4 Å². The van der Waals surface area contributed by atoms with E-state index in [2.05, 4.69) is 5.32 Å². The van der Waals surface area contributed by atoms with E-state index in [1.165, 1.54) is 29.6 Å². The van der Waals surface area contributed by atoms with E-state index in [4.69, 9.17) is 21.6 Å². The van der Waals surface area contributed by atoms with Gasteiger partial charge in [-0.05, 0) is 49.2 Å². The van der Waals surface area contributed by atoms with E-state index in [1.807, 2.05) is 6.07 Å². The third-order valence-corrected chi connectivity index (χ3v) is 6.93. The largest absolute Gasteiger partial charge is 0.495 e. The fraction of sp³-hybridized carbons (Fsp3) is 0.300. The summed E-state index contributed by atoms with van der Waals surface area (Å²) >= 11 is 6.07. The Balaban J connectivity index is 1.74. The average Bonchev–Trinajstić information content (AvgIpc) is 2.73. The quantitative estimate of drug-likeness (QED) is 0.780. The molecular weight excluding hydrogens is 414 g/mol. The Morgan fingerprint density at radius 1 is 1.31 bits per heavy atom. The number of nitriles is 1. The van der Waals surface area contributed by atoms with Crippen LogP contribution in [0.4, 0.5) is 5.69 Å². The first kappa shape index (κ1) is 21.1. The van der Waals surface area contributed by atoms with Gasteiger partial charge in [-0.1, -0.05) is 17.7 Å². The van der Waals surface area contributed by atoms with Crippen LogP contribution in [0.5, 0.6) is 5.75 Å². The lowest BCUT2D eigenvalue weighted by Crippen LogP contribution is -2.43. The maximum Gasteiger partial charge on any atom is 0.243 e. The zero-order chi connectivity index (χ0) is 21.0. The highest BCUT2D eigenvalue weighted by atomic mass is 35.5. The van der Waals surface area contributed by atoms with E-state index in [1.54, 1.807) is 24.3 Å². The van der Waals surface area contributed by atoms with Crippen molar-refractivity contribution in [3.8, 4) is 11.8 Å². The number of nitrogens with zero attached hydrogens (tertiary/aromatic N) is 2. The van der Waals surface area contributed by atoms with Crippen molar-refractivity contribution in [1.29, 1.82) is 5.26 Å². The van der Waals surface area contributed by atoms with Crippen LogP contribution in [0.25, 0.3) is 0 Å². The fourth-order valence-electron chi connectivity index (χ4n) is 3.24. The Hall–Kier alpha value is -2.60. The first-order valence-corrected chi connectivity index (χ1v) is 10.8. The number of amides is 1. The molecule has 3 rings (SSSR count). The molecular formula is C20H20ClN3O4S. The number of halogens is 1. The number of rotatable bonds is 5. The molecule has 0 aliphatic carbocycles. The molecule has 0 saturated carbocycles. The van der Waals surface area contributed by atoms with Crippen molar-refractivity contribution in [2.24, 2.45) is 5.92 Å². The summed E-state index contributed by atoms with van der Waals surface area (Å²) in [5.74, 6) is -0.369. The second-order valence-corrected chi connectivity index (χ2v) is 9.03. The monoisotopic (exact) mass is 433 g/mol. The molecule has 2 aromatic carbocycles. The van der Waals surface area contributed by atoms with Crippen molar-refractivity contribution in [2.75, 3.05) is 25.5 Å². The molecule has 152 valence electrons. The van der Waals surface area contributed by atoms with E-state index in [0.29, 0.717) is 36.4 Å². The molecule has 2 aromatic rings. The summed E-state index contributed by atoms with van der Waals surface area (Å²) in [6, 6.07) is 12.9. The van der Waals surface area contributed by atoms with Gasteiger partial charge in [-0.2, -0.15) is 9.57 Å². The van der Waals surface area contributed by atoms with Crippen LogP contribution in [0.15, 0.2) is 47.4 Å². The molecule has 0 bridgehead atoms. The molecule has 0 aromatic heterocycles. The van der Waals surface area contributed by atoms with Crippen LogP contribution in [-0.2, 0) is 14.8 Å². The molecule has 1 N–H and O–H groups in total. The van der Waals surface area contributed by atoms with Gasteiger partial charge in [-0.25, -0.2) is 8.42 Å². The number of methoxy groups -OCH3 is 1. The molecule has 1 saturated heterocycles. The van der Waals surface area contributed by atoms with Crippen LogP contribution in [0.3, 0.4) is 0 Å². The Bertz CT molecular complexity index is 1070. The molecule has 1 atom stereocenters. The third-order valence-electron chi connectivity index (χ3n) is 4.78. The summed E-state index contributed by atoms with van der Waals surface area (Å²) < 4.78 is 32.4. The van der Waals surface area contributed by atoms with Crippen molar-refractivity contribution < 1.29 is 17.9 Å². The van der Waals surface area contributed by atoms with Gasteiger partial charge in [0.1, 0.15) is 5.75 Å². The lowest BCUT2D eigenvalue weighted by Gasteiger charge is -2.31. The van der Waals surface area contributed by atoms with Gasteiger partial charge < -0.3 is 10.1 Å². The number of carbonyl (C=O) groups excluding carboxylic acids is 1. The van der Waals surface area contributed by atoms with E-state index in [0.717, 1.165) is 0 Å². The minimum atomic E-state index is -3.79. The first-order valence-electron chi connectivity index (χ1n) is 9.00. The second-order valence-electron chi connectivity index (χ2n) is 6.68. The van der Waals surface area contributed by atoms with Crippen molar-refractivity contribution in [3.63, 3.8) is 0 Å². The number of ether oxygens (including phenoxy) is 1. The highest BCUT2D eigenvalue weighted by Crippen LogP contribution is 2.30. The molecule has 1 aliphatic heterocycles. The average molecular weight is 434 g/mol. The Morgan fingerprint density at radius 2 is 2.10 bits per heavy atom. The lowest BCUT2D eigenvalue weighted by molar-refractivity contribution is -0.120. The number of sulfonamides is 1. The molecule has 29 heavy (non-hydrogen) atoms. The van der Waals surface area contributed by atoms with E-state index >= 15 is 0 Å². The minimum Gasteiger partial charge on any atom is -0.495 e. The SMILES string of the molecule is COc1ccc(S(=O)(=O)N2CCC[C@H](C(=O)Nc3cccc(C#N)c3)C2)cc1Cl. The number of piperidine rings is 1. The van der Waals surface area contributed by atoms with Crippen LogP contribution >= 0.6 is 11.6 Å². The second kappa shape index (κ2) is 8.82. The molecule has 1 heterocycles. The summed E-state index contributed by atoms with van der Waals surface area (Å²) in [6.07, 6.45) is 1.15. The molecule has 0 spiro atoms. The van der Waals surface area contributed by atoms with E-state index < -0.39 is 15.9 Å². The molecule has 1 aliphatic rings. The number of benzene rings is 2. The Kier molecular flexibility index (Phi) is 6.42. The Labute approximate surface area is 174 Å². The summed E-state index contributed by atoms with van der Waals surface area (Å²) in [5, 5.41) is 12.0. The molecule has 0 unspecified atom stereocenters. The van der Waals surface area contributed by atoms with Crippen LogP contribution in [0.2, 0.25) is 5.02 Å².